The molecule has 2 aromatic heterocycles. The first-order chi connectivity index (χ1) is 10.7. The minimum Gasteiger partial charge on any atom is -0.369 e. The molecule has 1 aliphatic carbocycles. The zero-order valence-corrected chi connectivity index (χ0v) is 12.9. The minimum absolute atomic E-state index is 0.0971. The number of hydrogen-bond acceptors (Lipinski definition) is 5. The first kappa shape index (κ1) is 14.9. The van der Waals surface area contributed by atoms with E-state index in [1.165, 1.54) is 38.5 Å². The Morgan fingerprint density at radius 3 is 1.95 bits per heavy atom. The van der Waals surface area contributed by atoms with Crippen molar-refractivity contribution in [1.82, 2.24) is 19.9 Å². The molecule has 118 valence electrons. The van der Waals surface area contributed by atoms with Crippen molar-refractivity contribution in [2.24, 2.45) is 0 Å². The number of anilines is 1. The summed E-state index contributed by atoms with van der Waals surface area (Å²) in [6.45, 7) is 0. The van der Waals surface area contributed by atoms with E-state index in [9.17, 15) is 4.79 Å². The van der Waals surface area contributed by atoms with Crippen molar-refractivity contribution in [2.45, 2.75) is 64.2 Å². The van der Waals surface area contributed by atoms with Crippen LogP contribution < -0.4 is 11.3 Å². The minimum atomic E-state index is -0.302. The molecule has 0 unspecified atom stereocenters. The number of aromatic amines is 1. The van der Waals surface area contributed by atoms with E-state index in [1.54, 1.807) is 0 Å². The summed E-state index contributed by atoms with van der Waals surface area (Å²) in [5.74, 6) is 0.0971. The summed E-state index contributed by atoms with van der Waals surface area (Å²) in [5, 5.41) is 0. The summed E-state index contributed by atoms with van der Waals surface area (Å²) in [5.41, 5.74) is 7.93. The van der Waals surface area contributed by atoms with Crippen LogP contribution in [0.5, 0.6) is 0 Å². The second kappa shape index (κ2) is 6.85. The zero-order chi connectivity index (χ0) is 15.4. The lowest BCUT2D eigenvalue weighted by molar-refractivity contribution is 0.554. The Balaban J connectivity index is 1.98. The van der Waals surface area contributed by atoms with Crippen molar-refractivity contribution in [2.75, 3.05) is 5.73 Å². The molecule has 2 aromatic rings. The lowest BCUT2D eigenvalue weighted by Gasteiger charge is -2.11. The van der Waals surface area contributed by atoms with Gasteiger partial charge in [-0.05, 0) is 25.7 Å². The molecule has 0 bridgehead atoms. The van der Waals surface area contributed by atoms with Gasteiger partial charge in [0, 0.05) is 0 Å². The molecule has 6 nitrogen and oxygen atoms in total. The van der Waals surface area contributed by atoms with Crippen LogP contribution in [-0.2, 0) is 12.8 Å². The number of nitrogens with two attached hydrogens (primary N) is 1. The van der Waals surface area contributed by atoms with Crippen LogP contribution in [0.15, 0.2) is 4.79 Å². The maximum absolute atomic E-state index is 12.0. The third-order valence-electron chi connectivity index (χ3n) is 4.29. The molecule has 0 radical (unpaired) electrons. The maximum Gasteiger partial charge on any atom is 0.280 e. The third-order valence-corrected chi connectivity index (χ3v) is 4.29. The van der Waals surface area contributed by atoms with Crippen LogP contribution in [0.4, 0.5) is 5.95 Å². The fraction of sp³-hybridized carbons (Fsp3) is 0.625. The highest BCUT2D eigenvalue weighted by atomic mass is 16.1. The Labute approximate surface area is 129 Å². The summed E-state index contributed by atoms with van der Waals surface area (Å²) in [6.07, 6.45) is 11.7. The van der Waals surface area contributed by atoms with Crippen molar-refractivity contribution in [3.8, 4) is 0 Å². The summed E-state index contributed by atoms with van der Waals surface area (Å²) in [6, 6.07) is 0. The van der Waals surface area contributed by atoms with Gasteiger partial charge in [0.25, 0.3) is 5.56 Å². The molecule has 0 atom stereocenters. The van der Waals surface area contributed by atoms with Gasteiger partial charge in [-0.1, -0.05) is 38.5 Å². The van der Waals surface area contributed by atoms with E-state index in [1.807, 2.05) is 0 Å². The average Bonchev–Trinajstić information content (AvgIpc) is 2.47. The lowest BCUT2D eigenvalue weighted by Crippen LogP contribution is -2.16. The number of nitrogens with zero attached hydrogens (tertiary/aromatic N) is 3. The highest BCUT2D eigenvalue weighted by molar-refractivity contribution is 5.69. The Hall–Kier alpha value is -1.98. The van der Waals surface area contributed by atoms with Crippen molar-refractivity contribution < 1.29 is 0 Å². The van der Waals surface area contributed by atoms with Gasteiger partial charge >= 0.3 is 0 Å². The van der Waals surface area contributed by atoms with Gasteiger partial charge in [-0.3, -0.25) is 9.78 Å². The molecule has 0 saturated carbocycles. The molecule has 0 aliphatic heterocycles. The van der Waals surface area contributed by atoms with Gasteiger partial charge < -0.3 is 5.73 Å². The Morgan fingerprint density at radius 1 is 0.773 bits per heavy atom. The van der Waals surface area contributed by atoms with E-state index >= 15 is 0 Å². The number of aromatic nitrogens is 4. The van der Waals surface area contributed by atoms with Crippen LogP contribution in [0.1, 0.15) is 62.8 Å². The number of H-pyrrole nitrogens is 1. The first-order valence-corrected chi connectivity index (χ1v) is 8.29. The highest BCUT2D eigenvalue weighted by Gasteiger charge is 2.13. The molecular formula is C16H23N5O. The van der Waals surface area contributed by atoms with Crippen molar-refractivity contribution >= 4 is 17.1 Å². The largest absolute Gasteiger partial charge is 0.369 e. The third kappa shape index (κ3) is 3.43. The van der Waals surface area contributed by atoms with Gasteiger partial charge in [0.05, 0.1) is 11.4 Å². The number of fused-ring (bicyclic) bond motifs is 2. The maximum atomic E-state index is 12.0. The number of nitrogen functional groups attached to an aromatic ring is 1. The van der Waals surface area contributed by atoms with Crippen LogP contribution in [0, 0.1) is 0 Å². The smallest absolute Gasteiger partial charge is 0.280 e. The summed E-state index contributed by atoms with van der Waals surface area (Å²) >= 11 is 0. The molecule has 1 aliphatic rings. The predicted molar refractivity (Wildman–Crippen MR) is 86.7 cm³/mol. The van der Waals surface area contributed by atoms with Gasteiger partial charge in [0.2, 0.25) is 5.95 Å². The number of aryl methyl sites for hydroxylation is 2. The quantitative estimate of drug-likeness (QED) is 0.779. The van der Waals surface area contributed by atoms with E-state index in [-0.39, 0.29) is 11.5 Å². The molecule has 6 heteroatoms. The molecule has 3 N–H and O–H groups in total. The fourth-order valence-electron chi connectivity index (χ4n) is 3.09. The molecule has 0 saturated heterocycles. The zero-order valence-electron chi connectivity index (χ0n) is 12.9. The first-order valence-electron chi connectivity index (χ1n) is 8.29. The summed E-state index contributed by atoms with van der Waals surface area (Å²) in [7, 11) is 0. The van der Waals surface area contributed by atoms with E-state index in [2.05, 4.69) is 19.9 Å². The average molecular weight is 301 g/mol. The van der Waals surface area contributed by atoms with E-state index in [0.29, 0.717) is 11.2 Å². The molecule has 0 fully saturated rings. The summed E-state index contributed by atoms with van der Waals surface area (Å²) < 4.78 is 0. The van der Waals surface area contributed by atoms with Gasteiger partial charge in [0.1, 0.15) is 0 Å². The SMILES string of the molecule is Nc1nc2nc3c(nc2c(=O)[nH]1)CCCCCCCCCC3. The monoisotopic (exact) mass is 301 g/mol. The standard InChI is InChI=1S/C16H23N5O/c17-16-20-14-13(15(22)21-16)18-11-9-7-5-3-1-2-4-6-8-10-12(11)19-14/h1-10H2,(H3,17,19,20,21,22). The molecule has 3 rings (SSSR count). The number of rotatable bonds is 0. The van der Waals surface area contributed by atoms with Crippen molar-refractivity contribution in [3.05, 3.63) is 21.7 Å². The van der Waals surface area contributed by atoms with Gasteiger partial charge in [-0.2, -0.15) is 4.98 Å². The van der Waals surface area contributed by atoms with Crippen LogP contribution in [-0.4, -0.2) is 19.9 Å². The van der Waals surface area contributed by atoms with Gasteiger partial charge in [-0.25, -0.2) is 9.97 Å². The van der Waals surface area contributed by atoms with Crippen LogP contribution in [0.25, 0.3) is 11.2 Å². The van der Waals surface area contributed by atoms with E-state index < -0.39 is 0 Å². The topological polar surface area (TPSA) is 97.5 Å². The molecule has 2 heterocycles. The van der Waals surface area contributed by atoms with Crippen molar-refractivity contribution in [1.29, 1.82) is 0 Å². The molecule has 0 aromatic carbocycles. The Kier molecular flexibility index (Phi) is 4.65. The number of hydrogen-bond donors (Lipinski definition) is 2. The fourth-order valence-corrected chi connectivity index (χ4v) is 3.09. The van der Waals surface area contributed by atoms with Gasteiger partial charge in [0.15, 0.2) is 11.2 Å². The Bertz CT molecular complexity index is 709. The second-order valence-electron chi connectivity index (χ2n) is 6.07. The number of nitrogens with one attached hydrogen (secondary N) is 1. The van der Waals surface area contributed by atoms with Crippen molar-refractivity contribution in [3.63, 3.8) is 0 Å². The van der Waals surface area contributed by atoms with E-state index in [4.69, 9.17) is 5.73 Å². The Morgan fingerprint density at radius 2 is 1.32 bits per heavy atom. The molecular weight excluding hydrogens is 278 g/mol. The highest BCUT2D eigenvalue weighted by Crippen LogP contribution is 2.18. The summed E-state index contributed by atoms with van der Waals surface area (Å²) in [4.78, 5) is 27.8. The lowest BCUT2D eigenvalue weighted by atomic mass is 10.0. The normalized spacial score (nSPS) is 17.5. The molecule has 0 spiro atoms. The molecule has 22 heavy (non-hydrogen) atoms. The van der Waals surface area contributed by atoms with E-state index in [0.717, 1.165) is 37.1 Å². The predicted octanol–water partition coefficient (Wildman–Crippen LogP) is 2.51. The van der Waals surface area contributed by atoms with Gasteiger partial charge in [-0.15, -0.1) is 0 Å². The van der Waals surface area contributed by atoms with Crippen LogP contribution >= 0.6 is 0 Å². The molecule has 0 amide bonds. The second-order valence-corrected chi connectivity index (χ2v) is 6.07. The van der Waals surface area contributed by atoms with Crippen LogP contribution in [0.3, 0.4) is 0 Å². The van der Waals surface area contributed by atoms with Crippen LogP contribution in [0.2, 0.25) is 0 Å².